The van der Waals surface area contributed by atoms with E-state index in [2.05, 4.69) is 0 Å². The summed E-state index contributed by atoms with van der Waals surface area (Å²) in [5.41, 5.74) is 0. The summed E-state index contributed by atoms with van der Waals surface area (Å²) in [6, 6.07) is 7.59. The Morgan fingerprint density at radius 3 is 2.33 bits per heavy atom. The molecule has 0 aromatic heterocycles. The molecule has 0 saturated heterocycles. The molecular weight excluding hydrogens is 252 g/mol. The largest absolute Gasteiger partial charge is 0.477 e. The van der Waals surface area contributed by atoms with Crippen LogP contribution in [-0.2, 0) is 14.6 Å². The van der Waals surface area contributed by atoms with Gasteiger partial charge in [0.2, 0.25) is 9.84 Å². The Kier molecular flexibility index (Phi) is 4.67. The zero-order chi connectivity index (χ0) is 13.8. The zero-order valence-corrected chi connectivity index (χ0v) is 11.1. The average Bonchev–Trinajstić information content (AvgIpc) is 2.36. The molecule has 18 heavy (non-hydrogen) atoms. The first-order valence-electron chi connectivity index (χ1n) is 5.64. The van der Waals surface area contributed by atoms with Crippen molar-refractivity contribution in [1.29, 1.82) is 0 Å². The van der Waals surface area contributed by atoms with Crippen molar-refractivity contribution in [3.05, 3.63) is 41.3 Å². The Morgan fingerprint density at radius 2 is 1.89 bits per heavy atom. The molecule has 0 aliphatic heterocycles. The van der Waals surface area contributed by atoms with E-state index >= 15 is 0 Å². The summed E-state index contributed by atoms with van der Waals surface area (Å²) in [7, 11) is -3.94. The fourth-order valence-electron chi connectivity index (χ4n) is 1.38. The van der Waals surface area contributed by atoms with Crippen molar-refractivity contribution < 1.29 is 18.3 Å². The molecule has 1 aromatic carbocycles. The van der Waals surface area contributed by atoms with Crippen LogP contribution in [0.15, 0.2) is 46.2 Å². The van der Waals surface area contributed by atoms with E-state index in [0.29, 0.717) is 6.42 Å². The minimum atomic E-state index is -3.94. The van der Waals surface area contributed by atoms with E-state index < -0.39 is 20.7 Å². The molecule has 0 aliphatic rings. The number of benzene rings is 1. The van der Waals surface area contributed by atoms with Crippen molar-refractivity contribution in [1.82, 2.24) is 0 Å². The van der Waals surface area contributed by atoms with E-state index in [1.807, 2.05) is 6.92 Å². The van der Waals surface area contributed by atoms with E-state index in [0.717, 1.165) is 0 Å². The Morgan fingerprint density at radius 1 is 1.33 bits per heavy atom. The molecule has 0 aliphatic carbocycles. The van der Waals surface area contributed by atoms with Gasteiger partial charge in [-0.25, -0.2) is 13.2 Å². The first kappa shape index (κ1) is 14.4. The smallest absolute Gasteiger partial charge is 0.347 e. The number of sulfone groups is 1. The SMILES string of the molecule is CCC(C)/C=C(\C(=O)O)S(=O)(=O)c1ccccc1. The number of hydrogen-bond donors (Lipinski definition) is 1. The standard InChI is InChI=1S/C13H16O4S/c1-3-10(2)9-12(13(14)15)18(16,17)11-7-5-4-6-8-11/h4-10H,3H2,1-2H3,(H,14,15)/b12-9+. The fourth-order valence-corrected chi connectivity index (χ4v) is 2.79. The normalized spacial score (nSPS) is 14.2. The van der Waals surface area contributed by atoms with Crippen LogP contribution < -0.4 is 0 Å². The second-order valence-corrected chi connectivity index (χ2v) is 5.96. The molecule has 1 aromatic rings. The lowest BCUT2D eigenvalue weighted by Crippen LogP contribution is -2.14. The first-order valence-corrected chi connectivity index (χ1v) is 7.13. The molecule has 0 bridgehead atoms. The highest BCUT2D eigenvalue weighted by Crippen LogP contribution is 2.21. The van der Waals surface area contributed by atoms with Gasteiger partial charge in [-0.3, -0.25) is 0 Å². The van der Waals surface area contributed by atoms with E-state index in [4.69, 9.17) is 5.11 Å². The van der Waals surface area contributed by atoms with Gasteiger partial charge in [-0.2, -0.15) is 0 Å². The van der Waals surface area contributed by atoms with E-state index in [1.54, 1.807) is 25.1 Å². The van der Waals surface area contributed by atoms with Gasteiger partial charge in [0.1, 0.15) is 0 Å². The van der Waals surface area contributed by atoms with E-state index in [1.165, 1.54) is 18.2 Å². The van der Waals surface area contributed by atoms with E-state index in [-0.39, 0.29) is 10.8 Å². The maximum Gasteiger partial charge on any atom is 0.347 e. The summed E-state index contributed by atoms with van der Waals surface area (Å²) in [6.45, 7) is 3.65. The second-order valence-electron chi connectivity index (χ2n) is 4.04. The highest BCUT2D eigenvalue weighted by molar-refractivity contribution is 7.96. The van der Waals surface area contributed by atoms with Crippen LogP contribution in [0, 0.1) is 5.92 Å². The third-order valence-electron chi connectivity index (χ3n) is 2.63. The van der Waals surface area contributed by atoms with Crippen LogP contribution in [0.5, 0.6) is 0 Å². The van der Waals surface area contributed by atoms with Crippen molar-refractivity contribution in [2.24, 2.45) is 5.92 Å². The number of rotatable bonds is 5. The Labute approximate surface area is 107 Å². The van der Waals surface area contributed by atoms with Crippen molar-refractivity contribution in [2.45, 2.75) is 25.2 Å². The number of allylic oxidation sites excluding steroid dienone is 1. The van der Waals surface area contributed by atoms with Gasteiger partial charge in [-0.15, -0.1) is 0 Å². The second kappa shape index (κ2) is 5.82. The van der Waals surface area contributed by atoms with Crippen molar-refractivity contribution in [3.8, 4) is 0 Å². The number of aliphatic carboxylic acids is 1. The third kappa shape index (κ3) is 3.20. The van der Waals surface area contributed by atoms with Crippen LogP contribution in [0.4, 0.5) is 0 Å². The summed E-state index contributed by atoms with van der Waals surface area (Å²) in [4.78, 5) is 10.6. The summed E-state index contributed by atoms with van der Waals surface area (Å²) in [6.07, 6.45) is 1.98. The van der Waals surface area contributed by atoms with Gasteiger partial charge < -0.3 is 5.11 Å². The molecule has 1 unspecified atom stereocenters. The minimum Gasteiger partial charge on any atom is -0.477 e. The molecule has 98 valence electrons. The molecule has 1 atom stereocenters. The molecule has 5 heteroatoms. The molecular formula is C13H16O4S. The van der Waals surface area contributed by atoms with Crippen molar-refractivity contribution in [2.75, 3.05) is 0 Å². The lowest BCUT2D eigenvalue weighted by atomic mass is 10.1. The van der Waals surface area contributed by atoms with Crippen molar-refractivity contribution >= 4 is 15.8 Å². The van der Waals surface area contributed by atoms with Gasteiger partial charge in [-0.05, 0) is 18.1 Å². The van der Waals surface area contributed by atoms with Crippen molar-refractivity contribution in [3.63, 3.8) is 0 Å². The summed E-state index contributed by atoms with van der Waals surface area (Å²) in [5.74, 6) is -1.52. The number of hydrogen-bond acceptors (Lipinski definition) is 3. The molecule has 0 heterocycles. The van der Waals surface area contributed by atoms with Gasteiger partial charge in [0.25, 0.3) is 0 Å². The molecule has 4 nitrogen and oxygen atoms in total. The number of carbonyl (C=O) groups is 1. The summed E-state index contributed by atoms with van der Waals surface area (Å²) >= 11 is 0. The minimum absolute atomic E-state index is 0.00181. The average molecular weight is 268 g/mol. The van der Waals surface area contributed by atoms with Crippen LogP contribution in [0.25, 0.3) is 0 Å². The molecule has 0 radical (unpaired) electrons. The molecule has 0 amide bonds. The lowest BCUT2D eigenvalue weighted by molar-refractivity contribution is -0.131. The van der Waals surface area contributed by atoms with Crippen LogP contribution in [0.2, 0.25) is 0 Å². The first-order chi connectivity index (χ1) is 8.39. The number of carboxylic acids is 1. The maximum absolute atomic E-state index is 12.2. The van der Waals surface area contributed by atoms with Gasteiger partial charge >= 0.3 is 5.97 Å². The molecule has 1 N–H and O–H groups in total. The van der Waals surface area contributed by atoms with Crippen LogP contribution >= 0.6 is 0 Å². The van der Waals surface area contributed by atoms with Gasteiger partial charge in [0.15, 0.2) is 4.91 Å². The van der Waals surface area contributed by atoms with Crippen LogP contribution in [0.1, 0.15) is 20.3 Å². The summed E-state index contributed by atoms with van der Waals surface area (Å²) < 4.78 is 24.4. The Bertz CT molecular complexity index is 544. The van der Waals surface area contributed by atoms with Crippen LogP contribution in [-0.4, -0.2) is 19.5 Å². The third-order valence-corrected chi connectivity index (χ3v) is 4.42. The summed E-state index contributed by atoms with van der Waals surface area (Å²) in [5, 5.41) is 9.07. The number of carboxylic acid groups (broad SMARTS) is 1. The predicted octanol–water partition coefficient (Wildman–Crippen LogP) is 2.47. The molecule has 0 saturated carbocycles. The monoisotopic (exact) mass is 268 g/mol. The Balaban J connectivity index is 3.31. The molecule has 1 rings (SSSR count). The Hall–Kier alpha value is -1.62. The maximum atomic E-state index is 12.2. The topological polar surface area (TPSA) is 71.4 Å². The van der Waals surface area contributed by atoms with Crippen LogP contribution in [0.3, 0.4) is 0 Å². The molecule has 0 fully saturated rings. The predicted molar refractivity (Wildman–Crippen MR) is 68.8 cm³/mol. The highest BCUT2D eigenvalue weighted by atomic mass is 32.2. The van der Waals surface area contributed by atoms with E-state index in [9.17, 15) is 13.2 Å². The zero-order valence-electron chi connectivity index (χ0n) is 10.3. The van der Waals surface area contributed by atoms with Gasteiger partial charge in [0, 0.05) is 0 Å². The molecule has 0 spiro atoms. The van der Waals surface area contributed by atoms with Gasteiger partial charge in [-0.1, -0.05) is 44.5 Å². The lowest BCUT2D eigenvalue weighted by Gasteiger charge is -2.08. The van der Waals surface area contributed by atoms with Gasteiger partial charge in [0.05, 0.1) is 4.90 Å². The quantitative estimate of drug-likeness (QED) is 0.833. The highest BCUT2D eigenvalue weighted by Gasteiger charge is 2.26. The fraction of sp³-hybridized carbons (Fsp3) is 0.308.